The maximum absolute atomic E-state index is 9.48. The maximum Gasteiger partial charge on any atom is 0.0608 e. The fourth-order valence-corrected chi connectivity index (χ4v) is 2.50. The highest BCUT2D eigenvalue weighted by Gasteiger charge is 2.41. The van der Waals surface area contributed by atoms with Crippen LogP contribution in [0.25, 0.3) is 0 Å². The Morgan fingerprint density at radius 1 is 1.50 bits per heavy atom. The lowest BCUT2D eigenvalue weighted by Crippen LogP contribution is -2.17. The smallest absolute Gasteiger partial charge is 0.0608 e. The van der Waals surface area contributed by atoms with Crippen LogP contribution in [0, 0.1) is 11.8 Å². The molecule has 0 aromatic carbocycles. The molecule has 3 atom stereocenters. The van der Waals surface area contributed by atoms with Gasteiger partial charge in [0.15, 0.2) is 0 Å². The second-order valence-corrected chi connectivity index (χ2v) is 3.58. The largest absolute Gasteiger partial charge is 0.392 e. The van der Waals surface area contributed by atoms with Crippen molar-refractivity contribution < 1.29 is 5.11 Å². The van der Waals surface area contributed by atoms with Gasteiger partial charge in [0, 0.05) is 5.92 Å². The molecule has 3 unspecified atom stereocenters. The van der Waals surface area contributed by atoms with Gasteiger partial charge in [0.1, 0.15) is 0 Å². The van der Waals surface area contributed by atoms with Crippen molar-refractivity contribution in [2.75, 3.05) is 0 Å². The topological polar surface area (TPSA) is 20.2 Å². The first-order chi connectivity index (χ1) is 4.81. The van der Waals surface area contributed by atoms with Crippen LogP contribution in [0.1, 0.15) is 26.2 Å². The molecular weight excluding hydrogens is 124 g/mol. The third-order valence-corrected chi connectivity index (χ3v) is 3.00. The lowest BCUT2D eigenvalue weighted by Gasteiger charge is -2.18. The maximum atomic E-state index is 9.48. The number of rotatable bonds is 0. The van der Waals surface area contributed by atoms with E-state index in [2.05, 4.69) is 13.0 Å². The normalized spacial score (nSPS) is 49.0. The molecule has 1 heteroatoms. The molecule has 2 saturated carbocycles. The van der Waals surface area contributed by atoms with Crippen molar-refractivity contribution in [3.8, 4) is 0 Å². The van der Waals surface area contributed by atoms with Gasteiger partial charge in [0.2, 0.25) is 0 Å². The zero-order valence-electron chi connectivity index (χ0n) is 6.38. The van der Waals surface area contributed by atoms with Crippen molar-refractivity contribution in [3.05, 3.63) is 11.6 Å². The number of fused-ring (bicyclic) bond motifs is 2. The van der Waals surface area contributed by atoms with Crippen LogP contribution in [0.4, 0.5) is 0 Å². The van der Waals surface area contributed by atoms with E-state index in [1.807, 2.05) is 0 Å². The molecule has 0 aliphatic heterocycles. The highest BCUT2D eigenvalue weighted by molar-refractivity contribution is 5.18. The molecule has 0 aromatic rings. The second kappa shape index (κ2) is 2.09. The molecule has 2 fully saturated rings. The van der Waals surface area contributed by atoms with Crippen LogP contribution in [0.2, 0.25) is 0 Å². The van der Waals surface area contributed by atoms with Crippen LogP contribution in [0.5, 0.6) is 0 Å². The number of hydrogen-bond donors (Lipinski definition) is 1. The lowest BCUT2D eigenvalue weighted by atomic mass is 9.92. The quantitative estimate of drug-likeness (QED) is 0.505. The Morgan fingerprint density at radius 2 is 2.30 bits per heavy atom. The number of allylic oxidation sites excluding steroid dienone is 1. The highest BCUT2D eigenvalue weighted by atomic mass is 16.3. The van der Waals surface area contributed by atoms with Gasteiger partial charge in [0.25, 0.3) is 0 Å². The number of aliphatic hydroxyl groups is 1. The first-order valence-corrected chi connectivity index (χ1v) is 4.14. The summed E-state index contributed by atoms with van der Waals surface area (Å²) in [7, 11) is 0. The fourth-order valence-electron chi connectivity index (χ4n) is 2.50. The van der Waals surface area contributed by atoms with Crippen LogP contribution in [0.15, 0.2) is 11.6 Å². The third kappa shape index (κ3) is 0.734. The Bertz CT molecular complexity index is 172. The Morgan fingerprint density at radius 3 is 2.70 bits per heavy atom. The van der Waals surface area contributed by atoms with E-state index in [1.165, 1.54) is 18.4 Å². The van der Waals surface area contributed by atoms with Crippen molar-refractivity contribution in [2.45, 2.75) is 32.3 Å². The van der Waals surface area contributed by atoms with Crippen molar-refractivity contribution in [1.29, 1.82) is 0 Å². The predicted octanol–water partition coefficient (Wildman–Crippen LogP) is 1.72. The molecule has 0 radical (unpaired) electrons. The number of hydrogen-bond acceptors (Lipinski definition) is 1. The average molecular weight is 138 g/mol. The van der Waals surface area contributed by atoms with E-state index < -0.39 is 0 Å². The molecule has 0 heterocycles. The summed E-state index contributed by atoms with van der Waals surface area (Å²) < 4.78 is 0. The minimum atomic E-state index is -0.00931. The van der Waals surface area contributed by atoms with E-state index in [1.54, 1.807) is 0 Å². The molecule has 0 saturated heterocycles. The van der Waals surface area contributed by atoms with Gasteiger partial charge in [-0.1, -0.05) is 11.6 Å². The molecule has 2 rings (SSSR count). The third-order valence-electron chi connectivity index (χ3n) is 3.00. The summed E-state index contributed by atoms with van der Waals surface area (Å²) in [6.07, 6.45) is 5.75. The monoisotopic (exact) mass is 138 g/mol. The summed E-state index contributed by atoms with van der Waals surface area (Å²) in [6, 6.07) is 0. The van der Waals surface area contributed by atoms with Crippen molar-refractivity contribution in [2.24, 2.45) is 11.8 Å². The Balaban J connectivity index is 2.20. The van der Waals surface area contributed by atoms with E-state index >= 15 is 0 Å². The SMILES string of the molecule is C/C=C1\CC2CC(O)C1C2. The van der Waals surface area contributed by atoms with Crippen LogP contribution < -0.4 is 0 Å². The van der Waals surface area contributed by atoms with Gasteiger partial charge in [0.05, 0.1) is 6.10 Å². The lowest BCUT2D eigenvalue weighted by molar-refractivity contribution is 0.135. The molecule has 56 valence electrons. The van der Waals surface area contributed by atoms with Gasteiger partial charge in [-0.3, -0.25) is 0 Å². The van der Waals surface area contributed by atoms with Gasteiger partial charge in [-0.2, -0.15) is 0 Å². The molecule has 10 heavy (non-hydrogen) atoms. The van der Waals surface area contributed by atoms with E-state index in [0.717, 1.165) is 12.3 Å². The van der Waals surface area contributed by atoms with Gasteiger partial charge in [-0.05, 0) is 32.1 Å². The molecule has 0 spiro atoms. The molecule has 1 N–H and O–H groups in total. The van der Waals surface area contributed by atoms with Gasteiger partial charge >= 0.3 is 0 Å². The zero-order chi connectivity index (χ0) is 7.14. The summed E-state index contributed by atoms with van der Waals surface area (Å²) in [5.74, 6) is 1.35. The zero-order valence-corrected chi connectivity index (χ0v) is 6.38. The minimum absolute atomic E-state index is 0.00931. The summed E-state index contributed by atoms with van der Waals surface area (Å²) >= 11 is 0. The van der Waals surface area contributed by atoms with E-state index in [0.29, 0.717) is 5.92 Å². The second-order valence-electron chi connectivity index (χ2n) is 3.58. The Hall–Kier alpha value is -0.300. The molecule has 0 aromatic heterocycles. The van der Waals surface area contributed by atoms with Crippen LogP contribution in [-0.4, -0.2) is 11.2 Å². The van der Waals surface area contributed by atoms with Crippen molar-refractivity contribution in [1.82, 2.24) is 0 Å². The standard InChI is InChI=1S/C9H14O/c1-2-7-3-6-4-8(7)9(10)5-6/h2,6,8-10H,3-5H2,1H3/b7-2+. The first-order valence-electron chi connectivity index (χ1n) is 4.14. The minimum Gasteiger partial charge on any atom is -0.392 e. The summed E-state index contributed by atoms with van der Waals surface area (Å²) in [6.45, 7) is 2.09. The Labute approximate surface area is 61.8 Å². The van der Waals surface area contributed by atoms with E-state index in [4.69, 9.17) is 0 Å². The van der Waals surface area contributed by atoms with E-state index in [-0.39, 0.29) is 6.10 Å². The van der Waals surface area contributed by atoms with Gasteiger partial charge in [-0.15, -0.1) is 0 Å². The summed E-state index contributed by atoms with van der Waals surface area (Å²) in [5, 5.41) is 9.48. The molecule has 2 aliphatic rings. The first kappa shape index (κ1) is 6.41. The molecule has 2 aliphatic carbocycles. The Kier molecular flexibility index (Phi) is 1.34. The molecule has 0 amide bonds. The molecule has 2 bridgehead atoms. The van der Waals surface area contributed by atoms with Gasteiger partial charge in [-0.25, -0.2) is 0 Å². The highest BCUT2D eigenvalue weighted by Crippen LogP contribution is 2.47. The number of aliphatic hydroxyl groups excluding tert-OH is 1. The van der Waals surface area contributed by atoms with Crippen LogP contribution in [0.3, 0.4) is 0 Å². The fraction of sp³-hybridized carbons (Fsp3) is 0.778. The summed E-state index contributed by atoms with van der Waals surface area (Å²) in [4.78, 5) is 0. The van der Waals surface area contributed by atoms with Crippen molar-refractivity contribution in [3.63, 3.8) is 0 Å². The van der Waals surface area contributed by atoms with Crippen LogP contribution in [-0.2, 0) is 0 Å². The van der Waals surface area contributed by atoms with Crippen molar-refractivity contribution >= 4 is 0 Å². The molecular formula is C9H14O. The molecule has 1 nitrogen and oxygen atoms in total. The average Bonchev–Trinajstić information content (AvgIpc) is 2.44. The van der Waals surface area contributed by atoms with Gasteiger partial charge < -0.3 is 5.11 Å². The summed E-state index contributed by atoms with van der Waals surface area (Å²) in [5.41, 5.74) is 1.50. The predicted molar refractivity (Wildman–Crippen MR) is 40.6 cm³/mol. The van der Waals surface area contributed by atoms with Crippen LogP contribution >= 0.6 is 0 Å². The van der Waals surface area contributed by atoms with E-state index in [9.17, 15) is 5.11 Å².